The fraction of sp³-hybridized carbons (Fsp3) is 0.412. The van der Waals surface area contributed by atoms with Gasteiger partial charge in [-0.05, 0) is 37.6 Å². The Morgan fingerprint density at radius 3 is 2.75 bits per heavy atom. The number of carbonyl (C=O) groups excluding carboxylic acids is 1. The first-order valence-corrected chi connectivity index (χ1v) is 8.11. The van der Waals surface area contributed by atoms with Gasteiger partial charge >= 0.3 is 0 Å². The molecular formula is C17H22Cl2N4O. The summed E-state index contributed by atoms with van der Waals surface area (Å²) in [7, 11) is 3.62. The van der Waals surface area contributed by atoms with E-state index >= 15 is 0 Å². The summed E-state index contributed by atoms with van der Waals surface area (Å²) in [5.74, 6) is -0.0335. The Morgan fingerprint density at radius 2 is 2.21 bits per heavy atom. The number of rotatable bonds is 6. The van der Waals surface area contributed by atoms with E-state index in [0.717, 1.165) is 23.4 Å². The number of hydrogen-bond donors (Lipinski definition) is 2. The summed E-state index contributed by atoms with van der Waals surface area (Å²) in [6.45, 7) is 0.630. The Bertz CT molecular complexity index is 712. The molecule has 3 rings (SSSR count). The topological polar surface area (TPSA) is 59.0 Å². The number of halogens is 2. The Labute approximate surface area is 153 Å². The molecule has 0 bridgehead atoms. The lowest BCUT2D eigenvalue weighted by atomic mass is 9.96. The summed E-state index contributed by atoms with van der Waals surface area (Å²) in [5.41, 5.74) is 2.10. The number of hydrogen-bond acceptors (Lipinski definition) is 3. The van der Waals surface area contributed by atoms with E-state index in [2.05, 4.69) is 21.8 Å². The summed E-state index contributed by atoms with van der Waals surface area (Å²) in [6, 6.07) is 7.53. The van der Waals surface area contributed by atoms with Crippen LogP contribution in [-0.2, 0) is 17.3 Å². The zero-order valence-corrected chi connectivity index (χ0v) is 15.3. The van der Waals surface area contributed by atoms with Crippen LogP contribution in [0.25, 0.3) is 0 Å². The lowest BCUT2D eigenvalue weighted by Crippen LogP contribution is -2.39. The van der Waals surface area contributed by atoms with Gasteiger partial charge in [0.1, 0.15) is 6.04 Å². The summed E-state index contributed by atoms with van der Waals surface area (Å²) in [4.78, 5) is 12.5. The highest BCUT2D eigenvalue weighted by molar-refractivity contribution is 6.30. The smallest absolute Gasteiger partial charge is 0.241 e. The minimum atomic E-state index is -0.390. The van der Waals surface area contributed by atoms with Crippen LogP contribution in [0, 0.1) is 0 Å². The molecule has 1 aliphatic rings. The van der Waals surface area contributed by atoms with Crippen molar-refractivity contribution < 1.29 is 4.79 Å². The molecule has 1 unspecified atom stereocenters. The molecule has 24 heavy (non-hydrogen) atoms. The van der Waals surface area contributed by atoms with Gasteiger partial charge in [0, 0.05) is 35.8 Å². The Morgan fingerprint density at radius 1 is 1.46 bits per heavy atom. The van der Waals surface area contributed by atoms with Crippen LogP contribution in [0.5, 0.6) is 0 Å². The van der Waals surface area contributed by atoms with Crippen molar-refractivity contribution in [3.8, 4) is 0 Å². The lowest BCUT2D eigenvalue weighted by Gasteiger charge is -2.20. The highest BCUT2D eigenvalue weighted by atomic mass is 35.5. The molecule has 1 aromatic carbocycles. The van der Waals surface area contributed by atoms with Crippen LogP contribution in [0.3, 0.4) is 0 Å². The highest BCUT2D eigenvalue weighted by Crippen LogP contribution is 2.48. The number of aromatic nitrogens is 2. The van der Waals surface area contributed by atoms with Gasteiger partial charge in [-0.1, -0.05) is 23.7 Å². The van der Waals surface area contributed by atoms with Crippen molar-refractivity contribution in [2.24, 2.45) is 7.05 Å². The molecule has 1 aliphatic carbocycles. The van der Waals surface area contributed by atoms with Crippen molar-refractivity contribution in [3.05, 3.63) is 52.8 Å². The maximum absolute atomic E-state index is 12.5. The zero-order valence-electron chi connectivity index (χ0n) is 13.8. The quantitative estimate of drug-likeness (QED) is 0.823. The molecule has 1 amide bonds. The molecule has 1 heterocycles. The molecule has 1 atom stereocenters. The van der Waals surface area contributed by atoms with Crippen LogP contribution < -0.4 is 10.6 Å². The van der Waals surface area contributed by atoms with Gasteiger partial charge < -0.3 is 10.6 Å². The third-order valence-electron chi connectivity index (χ3n) is 4.50. The van der Waals surface area contributed by atoms with Crippen LogP contribution in [0.4, 0.5) is 0 Å². The van der Waals surface area contributed by atoms with Crippen molar-refractivity contribution >= 4 is 29.9 Å². The van der Waals surface area contributed by atoms with E-state index in [0.29, 0.717) is 6.54 Å². The first-order valence-electron chi connectivity index (χ1n) is 7.74. The number of likely N-dealkylation sites (N-methyl/N-ethyl adjacent to an activating group) is 1. The number of nitrogens with one attached hydrogen (secondary N) is 2. The standard InChI is InChI=1S/C17H21ClN4O.ClH/c1-19-15(12-9-21-22(2)10-12)16(23)20-11-17(6-7-17)13-4-3-5-14(18)8-13;/h3-5,8-10,15,19H,6-7,11H2,1-2H3,(H,20,23);1H. The van der Waals surface area contributed by atoms with Gasteiger partial charge in [-0.25, -0.2) is 0 Å². The third kappa shape index (κ3) is 3.91. The van der Waals surface area contributed by atoms with Gasteiger partial charge in [0.25, 0.3) is 0 Å². The molecule has 130 valence electrons. The maximum atomic E-state index is 12.5. The van der Waals surface area contributed by atoms with Gasteiger partial charge in [-0.2, -0.15) is 5.10 Å². The van der Waals surface area contributed by atoms with E-state index in [9.17, 15) is 4.79 Å². The normalized spacial score (nSPS) is 16.1. The number of benzene rings is 1. The van der Waals surface area contributed by atoms with Crippen molar-refractivity contribution in [2.75, 3.05) is 13.6 Å². The van der Waals surface area contributed by atoms with Crippen LogP contribution in [0.1, 0.15) is 30.0 Å². The predicted molar refractivity (Wildman–Crippen MR) is 97.6 cm³/mol. The molecule has 7 heteroatoms. The minimum Gasteiger partial charge on any atom is -0.354 e. The van der Waals surface area contributed by atoms with Gasteiger partial charge in [-0.15, -0.1) is 12.4 Å². The first kappa shape index (κ1) is 18.8. The molecule has 2 N–H and O–H groups in total. The van der Waals surface area contributed by atoms with E-state index in [-0.39, 0.29) is 29.8 Å². The molecule has 0 aliphatic heterocycles. The summed E-state index contributed by atoms with van der Waals surface area (Å²) in [5, 5.41) is 11.0. The fourth-order valence-corrected chi connectivity index (χ4v) is 3.12. The SMILES string of the molecule is CNC(C(=O)NCC1(c2cccc(Cl)c2)CC1)c1cnn(C)c1.Cl. The van der Waals surface area contributed by atoms with Crippen molar-refractivity contribution in [3.63, 3.8) is 0 Å². The number of aryl methyl sites for hydroxylation is 1. The Balaban J connectivity index is 0.00000208. The molecule has 5 nitrogen and oxygen atoms in total. The third-order valence-corrected chi connectivity index (χ3v) is 4.74. The van der Waals surface area contributed by atoms with E-state index in [4.69, 9.17) is 11.6 Å². The molecule has 1 saturated carbocycles. The van der Waals surface area contributed by atoms with Crippen LogP contribution in [0.2, 0.25) is 5.02 Å². The van der Waals surface area contributed by atoms with E-state index in [1.165, 1.54) is 5.56 Å². The van der Waals surface area contributed by atoms with Crippen molar-refractivity contribution in [1.29, 1.82) is 0 Å². The molecule has 1 fully saturated rings. The number of carbonyl (C=O) groups is 1. The second kappa shape index (κ2) is 7.55. The molecule has 2 aromatic rings. The van der Waals surface area contributed by atoms with Gasteiger partial charge in [-0.3, -0.25) is 9.48 Å². The van der Waals surface area contributed by atoms with E-state index in [1.54, 1.807) is 17.9 Å². The average Bonchev–Trinajstić information content (AvgIpc) is 3.22. The van der Waals surface area contributed by atoms with Gasteiger partial charge in [0.15, 0.2) is 0 Å². The largest absolute Gasteiger partial charge is 0.354 e. The number of nitrogens with zero attached hydrogens (tertiary/aromatic N) is 2. The molecule has 0 saturated heterocycles. The van der Waals surface area contributed by atoms with E-state index < -0.39 is 0 Å². The molecule has 1 aromatic heterocycles. The predicted octanol–water partition coefficient (Wildman–Crippen LogP) is 2.60. The second-order valence-corrected chi connectivity index (χ2v) is 6.61. The van der Waals surface area contributed by atoms with Crippen molar-refractivity contribution in [1.82, 2.24) is 20.4 Å². The monoisotopic (exact) mass is 368 g/mol. The second-order valence-electron chi connectivity index (χ2n) is 6.18. The van der Waals surface area contributed by atoms with Crippen molar-refractivity contribution in [2.45, 2.75) is 24.3 Å². The van der Waals surface area contributed by atoms with Gasteiger partial charge in [0.2, 0.25) is 5.91 Å². The molecule has 0 radical (unpaired) electrons. The summed E-state index contributed by atoms with van der Waals surface area (Å²) in [6.07, 6.45) is 5.71. The molecular weight excluding hydrogens is 347 g/mol. The number of amides is 1. The van der Waals surface area contributed by atoms with Crippen LogP contribution >= 0.6 is 24.0 Å². The highest BCUT2D eigenvalue weighted by Gasteiger charge is 2.44. The lowest BCUT2D eigenvalue weighted by molar-refractivity contribution is -0.123. The van der Waals surface area contributed by atoms with Crippen LogP contribution in [-0.4, -0.2) is 29.3 Å². The first-order chi connectivity index (χ1) is 11.0. The fourth-order valence-electron chi connectivity index (χ4n) is 2.93. The minimum absolute atomic E-state index is 0. The summed E-state index contributed by atoms with van der Waals surface area (Å²) >= 11 is 6.09. The molecule has 0 spiro atoms. The van der Waals surface area contributed by atoms with Crippen LogP contribution in [0.15, 0.2) is 36.7 Å². The maximum Gasteiger partial charge on any atom is 0.241 e. The Kier molecular flexibility index (Phi) is 5.91. The zero-order chi connectivity index (χ0) is 16.4. The van der Waals surface area contributed by atoms with Gasteiger partial charge in [0.05, 0.1) is 6.20 Å². The Hall–Kier alpha value is -1.56. The summed E-state index contributed by atoms with van der Waals surface area (Å²) < 4.78 is 1.70. The van der Waals surface area contributed by atoms with E-state index in [1.807, 2.05) is 31.4 Å². The average molecular weight is 369 g/mol.